The summed E-state index contributed by atoms with van der Waals surface area (Å²) in [6, 6.07) is 5.92. The summed E-state index contributed by atoms with van der Waals surface area (Å²) >= 11 is 0. The van der Waals surface area contributed by atoms with Gasteiger partial charge in [0.1, 0.15) is 11.3 Å². The standard InChI is InChI=1S/C13H8F2N4/c14-8-6-12(18-10-3-5-16-7-9(10)15)19-11-2-1-4-17-13(8)11/h1-7H,(H,16,18,19). The Kier molecular flexibility index (Phi) is 2.75. The second kappa shape index (κ2) is 4.56. The molecule has 6 heteroatoms. The van der Waals surface area contributed by atoms with Gasteiger partial charge in [0, 0.05) is 18.5 Å². The van der Waals surface area contributed by atoms with Crippen molar-refractivity contribution in [1.82, 2.24) is 15.0 Å². The Hall–Kier alpha value is -2.63. The molecule has 0 saturated heterocycles. The molecule has 0 spiro atoms. The van der Waals surface area contributed by atoms with E-state index in [1.807, 2.05) is 0 Å². The van der Waals surface area contributed by atoms with Gasteiger partial charge in [-0.05, 0) is 18.2 Å². The number of nitrogens with zero attached hydrogens (tertiary/aromatic N) is 3. The number of halogens is 2. The van der Waals surface area contributed by atoms with Crippen LogP contribution in [0.25, 0.3) is 11.0 Å². The van der Waals surface area contributed by atoms with E-state index in [0.717, 1.165) is 6.20 Å². The molecule has 0 aliphatic rings. The Balaban J connectivity index is 2.04. The van der Waals surface area contributed by atoms with Crippen molar-refractivity contribution in [2.45, 2.75) is 0 Å². The molecule has 3 aromatic rings. The summed E-state index contributed by atoms with van der Waals surface area (Å²) in [5.74, 6) is -0.832. The number of rotatable bonds is 2. The molecule has 0 unspecified atom stereocenters. The van der Waals surface area contributed by atoms with Crippen LogP contribution in [0.3, 0.4) is 0 Å². The van der Waals surface area contributed by atoms with Crippen LogP contribution in [0.15, 0.2) is 42.9 Å². The quantitative estimate of drug-likeness (QED) is 0.767. The zero-order valence-electron chi connectivity index (χ0n) is 9.64. The highest BCUT2D eigenvalue weighted by molar-refractivity contribution is 5.77. The van der Waals surface area contributed by atoms with E-state index in [0.29, 0.717) is 5.52 Å². The van der Waals surface area contributed by atoms with E-state index in [1.165, 1.54) is 24.5 Å². The van der Waals surface area contributed by atoms with Crippen LogP contribution in [0, 0.1) is 11.6 Å². The molecule has 19 heavy (non-hydrogen) atoms. The number of nitrogens with one attached hydrogen (secondary N) is 1. The van der Waals surface area contributed by atoms with Gasteiger partial charge < -0.3 is 5.32 Å². The summed E-state index contributed by atoms with van der Waals surface area (Å²) in [5.41, 5.74) is 0.771. The van der Waals surface area contributed by atoms with Crippen LogP contribution < -0.4 is 5.32 Å². The van der Waals surface area contributed by atoms with Crippen LogP contribution in [0.1, 0.15) is 0 Å². The lowest BCUT2D eigenvalue weighted by molar-refractivity contribution is 0.624. The number of hydrogen-bond donors (Lipinski definition) is 1. The minimum atomic E-state index is -0.531. The molecule has 0 aromatic carbocycles. The van der Waals surface area contributed by atoms with E-state index in [9.17, 15) is 8.78 Å². The van der Waals surface area contributed by atoms with Crippen LogP contribution in [-0.2, 0) is 0 Å². The SMILES string of the molecule is Fc1cnccc1Nc1cc(F)c2ncccc2n1. The van der Waals surface area contributed by atoms with E-state index in [-0.39, 0.29) is 17.0 Å². The highest BCUT2D eigenvalue weighted by Crippen LogP contribution is 2.21. The van der Waals surface area contributed by atoms with E-state index in [2.05, 4.69) is 20.3 Å². The van der Waals surface area contributed by atoms with Crippen molar-refractivity contribution in [3.8, 4) is 0 Å². The lowest BCUT2D eigenvalue weighted by Gasteiger charge is -2.07. The van der Waals surface area contributed by atoms with Gasteiger partial charge >= 0.3 is 0 Å². The molecule has 4 nitrogen and oxygen atoms in total. The predicted molar refractivity (Wildman–Crippen MR) is 67.0 cm³/mol. The Morgan fingerprint density at radius 1 is 1.05 bits per heavy atom. The Morgan fingerprint density at radius 3 is 2.79 bits per heavy atom. The summed E-state index contributed by atoms with van der Waals surface area (Å²) < 4.78 is 27.2. The fraction of sp³-hybridized carbons (Fsp3) is 0. The van der Waals surface area contributed by atoms with E-state index < -0.39 is 11.6 Å². The first-order valence-corrected chi connectivity index (χ1v) is 5.52. The molecule has 1 N–H and O–H groups in total. The van der Waals surface area contributed by atoms with Gasteiger partial charge in [0.05, 0.1) is 17.4 Å². The Morgan fingerprint density at radius 2 is 1.95 bits per heavy atom. The summed E-state index contributed by atoms with van der Waals surface area (Å²) in [5, 5.41) is 2.71. The van der Waals surface area contributed by atoms with Crippen molar-refractivity contribution in [3.05, 3.63) is 54.5 Å². The van der Waals surface area contributed by atoms with Crippen molar-refractivity contribution >= 4 is 22.5 Å². The van der Waals surface area contributed by atoms with Crippen LogP contribution in [0.5, 0.6) is 0 Å². The van der Waals surface area contributed by atoms with Crippen molar-refractivity contribution in [2.24, 2.45) is 0 Å². The molecule has 0 bridgehead atoms. The van der Waals surface area contributed by atoms with Crippen LogP contribution in [0.2, 0.25) is 0 Å². The van der Waals surface area contributed by atoms with Crippen molar-refractivity contribution in [3.63, 3.8) is 0 Å². The van der Waals surface area contributed by atoms with Gasteiger partial charge in [-0.3, -0.25) is 9.97 Å². The van der Waals surface area contributed by atoms with Gasteiger partial charge in [0.25, 0.3) is 0 Å². The molecule has 3 heterocycles. The van der Waals surface area contributed by atoms with Gasteiger partial charge in [0.15, 0.2) is 11.6 Å². The number of aromatic nitrogens is 3. The maximum absolute atomic E-state index is 13.8. The van der Waals surface area contributed by atoms with Gasteiger partial charge in [-0.25, -0.2) is 13.8 Å². The van der Waals surface area contributed by atoms with E-state index in [1.54, 1.807) is 12.1 Å². The maximum Gasteiger partial charge on any atom is 0.164 e. The first-order valence-electron chi connectivity index (χ1n) is 5.52. The molecule has 0 radical (unpaired) electrons. The monoisotopic (exact) mass is 258 g/mol. The third kappa shape index (κ3) is 2.20. The molecule has 0 aliphatic carbocycles. The normalized spacial score (nSPS) is 10.6. The zero-order chi connectivity index (χ0) is 13.2. The van der Waals surface area contributed by atoms with Crippen molar-refractivity contribution < 1.29 is 8.78 Å². The third-order valence-corrected chi connectivity index (χ3v) is 2.55. The van der Waals surface area contributed by atoms with E-state index >= 15 is 0 Å². The molecule has 3 rings (SSSR count). The fourth-order valence-corrected chi connectivity index (χ4v) is 1.70. The lowest BCUT2D eigenvalue weighted by atomic mass is 10.3. The van der Waals surface area contributed by atoms with Crippen molar-refractivity contribution in [1.29, 1.82) is 0 Å². The average molecular weight is 258 g/mol. The predicted octanol–water partition coefficient (Wildman–Crippen LogP) is 3.05. The Bertz CT molecular complexity index is 746. The highest BCUT2D eigenvalue weighted by Gasteiger charge is 2.08. The van der Waals surface area contributed by atoms with Gasteiger partial charge in [0.2, 0.25) is 0 Å². The third-order valence-electron chi connectivity index (χ3n) is 2.55. The molecule has 0 aliphatic heterocycles. The summed E-state index contributed by atoms with van der Waals surface area (Å²) in [6.07, 6.45) is 3.99. The fourth-order valence-electron chi connectivity index (χ4n) is 1.70. The smallest absolute Gasteiger partial charge is 0.164 e. The molecule has 0 saturated carbocycles. The second-order valence-corrected chi connectivity index (χ2v) is 3.84. The molecule has 94 valence electrons. The topological polar surface area (TPSA) is 50.7 Å². The molecule has 0 atom stereocenters. The van der Waals surface area contributed by atoms with E-state index in [4.69, 9.17) is 0 Å². The van der Waals surface area contributed by atoms with Crippen LogP contribution in [-0.4, -0.2) is 15.0 Å². The molecular weight excluding hydrogens is 250 g/mol. The maximum atomic E-state index is 13.8. The van der Waals surface area contributed by atoms with Gasteiger partial charge in [-0.15, -0.1) is 0 Å². The zero-order valence-corrected chi connectivity index (χ0v) is 9.64. The molecule has 3 aromatic heterocycles. The van der Waals surface area contributed by atoms with Crippen LogP contribution >= 0.6 is 0 Å². The summed E-state index contributed by atoms with van der Waals surface area (Å²) in [4.78, 5) is 11.7. The van der Waals surface area contributed by atoms with Crippen LogP contribution in [0.4, 0.5) is 20.3 Å². The summed E-state index contributed by atoms with van der Waals surface area (Å²) in [7, 11) is 0. The highest BCUT2D eigenvalue weighted by atomic mass is 19.1. The average Bonchev–Trinajstić information content (AvgIpc) is 2.42. The summed E-state index contributed by atoms with van der Waals surface area (Å²) in [6.45, 7) is 0. The van der Waals surface area contributed by atoms with Gasteiger partial charge in [-0.2, -0.15) is 0 Å². The molecular formula is C13H8F2N4. The first-order chi connectivity index (χ1) is 9.24. The number of pyridine rings is 3. The number of fused-ring (bicyclic) bond motifs is 1. The largest absolute Gasteiger partial charge is 0.338 e. The van der Waals surface area contributed by atoms with Gasteiger partial charge in [-0.1, -0.05) is 0 Å². The number of anilines is 2. The number of hydrogen-bond acceptors (Lipinski definition) is 4. The minimum absolute atomic E-state index is 0.184. The molecule has 0 fully saturated rings. The first kappa shape index (κ1) is 11.5. The second-order valence-electron chi connectivity index (χ2n) is 3.84. The lowest BCUT2D eigenvalue weighted by Crippen LogP contribution is -1.98. The Labute approximate surface area is 107 Å². The minimum Gasteiger partial charge on any atom is -0.338 e. The molecule has 0 amide bonds. The van der Waals surface area contributed by atoms with Crippen molar-refractivity contribution in [2.75, 3.05) is 5.32 Å².